The Balaban J connectivity index is 2.19. The number of carboxylic acid groups (broad SMARTS) is 1. The van der Waals surface area contributed by atoms with E-state index in [1.54, 1.807) is 13.1 Å². The Labute approximate surface area is 106 Å². The first-order valence-electron chi connectivity index (χ1n) is 5.96. The van der Waals surface area contributed by atoms with Crippen molar-refractivity contribution in [2.24, 2.45) is 5.92 Å². The van der Waals surface area contributed by atoms with Crippen molar-refractivity contribution in [3.05, 3.63) is 30.1 Å². The average molecular weight is 250 g/mol. The molecule has 2 N–H and O–H groups in total. The molecule has 1 rings (SSSR count). The highest BCUT2D eigenvalue weighted by atomic mass is 16.4. The fourth-order valence-electron chi connectivity index (χ4n) is 1.63. The second-order valence-corrected chi connectivity index (χ2v) is 4.33. The van der Waals surface area contributed by atoms with Crippen molar-refractivity contribution >= 4 is 11.9 Å². The molecule has 0 saturated heterocycles. The Morgan fingerprint density at radius 1 is 1.39 bits per heavy atom. The van der Waals surface area contributed by atoms with E-state index >= 15 is 0 Å². The van der Waals surface area contributed by atoms with Crippen molar-refractivity contribution in [2.75, 3.05) is 6.54 Å². The Bertz CT molecular complexity index is 392. The molecule has 1 atom stereocenters. The van der Waals surface area contributed by atoms with Crippen LogP contribution in [0, 0.1) is 5.92 Å². The van der Waals surface area contributed by atoms with Crippen LogP contribution in [0.25, 0.3) is 0 Å². The van der Waals surface area contributed by atoms with Gasteiger partial charge in [-0.1, -0.05) is 13.0 Å². The molecule has 0 radical (unpaired) electrons. The molecule has 1 aromatic heterocycles. The zero-order valence-electron chi connectivity index (χ0n) is 10.4. The summed E-state index contributed by atoms with van der Waals surface area (Å²) in [6.45, 7) is 2.28. The number of nitrogens with zero attached hydrogens (tertiary/aromatic N) is 1. The van der Waals surface area contributed by atoms with E-state index in [-0.39, 0.29) is 24.7 Å². The first-order chi connectivity index (χ1) is 8.58. The minimum Gasteiger partial charge on any atom is -0.481 e. The highest BCUT2D eigenvalue weighted by Crippen LogP contribution is 2.06. The lowest BCUT2D eigenvalue weighted by atomic mass is 10.0. The summed E-state index contributed by atoms with van der Waals surface area (Å²) in [5.41, 5.74) is 0.927. The lowest BCUT2D eigenvalue weighted by Gasteiger charge is -2.09. The first-order valence-corrected chi connectivity index (χ1v) is 5.96. The zero-order chi connectivity index (χ0) is 13.4. The van der Waals surface area contributed by atoms with Gasteiger partial charge in [-0.05, 0) is 18.1 Å². The van der Waals surface area contributed by atoms with Gasteiger partial charge in [-0.25, -0.2) is 0 Å². The Hall–Kier alpha value is -1.91. The van der Waals surface area contributed by atoms with Gasteiger partial charge < -0.3 is 10.4 Å². The van der Waals surface area contributed by atoms with Gasteiger partial charge in [0.2, 0.25) is 5.91 Å². The summed E-state index contributed by atoms with van der Waals surface area (Å²) in [4.78, 5) is 26.1. The molecule has 1 amide bonds. The Kier molecular flexibility index (Phi) is 5.84. The average Bonchev–Trinajstić information content (AvgIpc) is 2.29. The van der Waals surface area contributed by atoms with E-state index in [4.69, 9.17) is 5.11 Å². The van der Waals surface area contributed by atoms with E-state index in [9.17, 15) is 9.59 Å². The second-order valence-electron chi connectivity index (χ2n) is 4.33. The van der Waals surface area contributed by atoms with Gasteiger partial charge in [0.05, 0.1) is 0 Å². The number of hydrogen-bond donors (Lipinski definition) is 2. The number of hydrogen-bond acceptors (Lipinski definition) is 3. The second kappa shape index (κ2) is 7.42. The lowest BCUT2D eigenvalue weighted by molar-refractivity contribution is -0.138. The largest absolute Gasteiger partial charge is 0.481 e. The summed E-state index contributed by atoms with van der Waals surface area (Å²) in [6, 6.07) is 5.65. The molecule has 0 aliphatic rings. The van der Waals surface area contributed by atoms with Crippen molar-refractivity contribution in [1.82, 2.24) is 10.3 Å². The van der Waals surface area contributed by atoms with Crippen LogP contribution in [0.4, 0.5) is 0 Å². The minimum absolute atomic E-state index is 0.0215. The number of aromatic nitrogens is 1. The highest BCUT2D eigenvalue weighted by molar-refractivity contribution is 5.77. The number of carboxylic acids is 1. The number of carbonyl (C=O) groups excluding carboxylic acids is 1. The maximum absolute atomic E-state index is 11.5. The van der Waals surface area contributed by atoms with Gasteiger partial charge in [-0.15, -0.1) is 0 Å². The van der Waals surface area contributed by atoms with Crippen LogP contribution in [0.2, 0.25) is 0 Å². The van der Waals surface area contributed by atoms with Crippen LogP contribution in [0.1, 0.15) is 25.5 Å². The number of amides is 1. The van der Waals surface area contributed by atoms with Crippen molar-refractivity contribution in [3.63, 3.8) is 0 Å². The standard InChI is InChI=1S/C13H18N2O3/c1-10(9-13(17)18)8-12(16)15-7-5-11-4-2-3-6-14-11/h2-4,6,10H,5,7-9H2,1H3,(H,15,16)(H,17,18). The SMILES string of the molecule is CC(CC(=O)O)CC(=O)NCCc1ccccn1. The number of rotatable bonds is 7. The fraction of sp³-hybridized carbons (Fsp3) is 0.462. The summed E-state index contributed by atoms with van der Waals surface area (Å²) < 4.78 is 0. The molecule has 0 aliphatic carbocycles. The summed E-state index contributed by atoms with van der Waals surface area (Å²) in [7, 11) is 0. The van der Waals surface area contributed by atoms with Crippen LogP contribution in [0.3, 0.4) is 0 Å². The van der Waals surface area contributed by atoms with Crippen molar-refractivity contribution < 1.29 is 14.7 Å². The summed E-state index contributed by atoms with van der Waals surface area (Å²) in [5.74, 6) is -1.12. The molecule has 0 aromatic carbocycles. The monoisotopic (exact) mass is 250 g/mol. The van der Waals surface area contributed by atoms with E-state index in [1.165, 1.54) is 0 Å². The molecule has 0 fully saturated rings. The van der Waals surface area contributed by atoms with Crippen molar-refractivity contribution in [1.29, 1.82) is 0 Å². The molecule has 98 valence electrons. The van der Waals surface area contributed by atoms with Gasteiger partial charge in [0.1, 0.15) is 0 Å². The molecule has 18 heavy (non-hydrogen) atoms. The quantitative estimate of drug-likeness (QED) is 0.763. The highest BCUT2D eigenvalue weighted by Gasteiger charge is 2.12. The molecule has 1 heterocycles. The molecular formula is C13H18N2O3. The van der Waals surface area contributed by atoms with E-state index in [0.717, 1.165) is 5.69 Å². The van der Waals surface area contributed by atoms with Crippen LogP contribution < -0.4 is 5.32 Å². The third kappa shape index (κ3) is 5.98. The van der Waals surface area contributed by atoms with E-state index in [2.05, 4.69) is 10.3 Å². The van der Waals surface area contributed by atoms with E-state index in [1.807, 2.05) is 18.2 Å². The summed E-state index contributed by atoms with van der Waals surface area (Å²) in [6.07, 6.45) is 2.66. The first kappa shape index (κ1) is 14.2. The van der Waals surface area contributed by atoms with Gasteiger partial charge in [0.25, 0.3) is 0 Å². The number of nitrogens with one attached hydrogen (secondary N) is 1. The predicted octanol–water partition coefficient (Wildman–Crippen LogP) is 1.24. The third-order valence-corrected chi connectivity index (χ3v) is 2.49. The number of aliphatic carboxylic acids is 1. The fourth-order valence-corrected chi connectivity index (χ4v) is 1.63. The molecule has 5 nitrogen and oxygen atoms in total. The van der Waals surface area contributed by atoms with Crippen LogP contribution in [-0.4, -0.2) is 28.5 Å². The Morgan fingerprint density at radius 2 is 2.17 bits per heavy atom. The molecule has 1 unspecified atom stereocenters. The van der Waals surface area contributed by atoms with Gasteiger partial charge in [0.15, 0.2) is 0 Å². The predicted molar refractivity (Wildman–Crippen MR) is 67.0 cm³/mol. The minimum atomic E-state index is -0.871. The number of carbonyl (C=O) groups is 2. The Morgan fingerprint density at radius 3 is 2.78 bits per heavy atom. The van der Waals surface area contributed by atoms with Crippen LogP contribution in [0.5, 0.6) is 0 Å². The van der Waals surface area contributed by atoms with Gasteiger partial charge in [0, 0.05) is 37.7 Å². The normalized spacial score (nSPS) is 11.8. The number of pyridine rings is 1. The maximum atomic E-state index is 11.5. The van der Waals surface area contributed by atoms with Crippen LogP contribution in [-0.2, 0) is 16.0 Å². The van der Waals surface area contributed by atoms with Crippen molar-refractivity contribution in [2.45, 2.75) is 26.2 Å². The summed E-state index contributed by atoms with van der Waals surface area (Å²) >= 11 is 0. The van der Waals surface area contributed by atoms with E-state index in [0.29, 0.717) is 13.0 Å². The lowest BCUT2D eigenvalue weighted by Crippen LogP contribution is -2.27. The van der Waals surface area contributed by atoms with Crippen molar-refractivity contribution in [3.8, 4) is 0 Å². The molecule has 0 aliphatic heterocycles. The van der Waals surface area contributed by atoms with Gasteiger partial charge >= 0.3 is 5.97 Å². The van der Waals surface area contributed by atoms with Crippen LogP contribution in [0.15, 0.2) is 24.4 Å². The topological polar surface area (TPSA) is 79.3 Å². The molecular weight excluding hydrogens is 232 g/mol. The molecule has 0 bridgehead atoms. The van der Waals surface area contributed by atoms with Gasteiger partial charge in [-0.3, -0.25) is 14.6 Å². The smallest absolute Gasteiger partial charge is 0.303 e. The molecule has 0 spiro atoms. The van der Waals surface area contributed by atoms with Crippen LogP contribution >= 0.6 is 0 Å². The van der Waals surface area contributed by atoms with Gasteiger partial charge in [-0.2, -0.15) is 0 Å². The molecule has 0 saturated carbocycles. The molecule has 5 heteroatoms. The van der Waals surface area contributed by atoms with E-state index < -0.39 is 5.97 Å². The third-order valence-electron chi connectivity index (χ3n) is 2.49. The zero-order valence-corrected chi connectivity index (χ0v) is 10.4. The summed E-state index contributed by atoms with van der Waals surface area (Å²) in [5, 5.41) is 11.3. The maximum Gasteiger partial charge on any atom is 0.303 e. The molecule has 1 aromatic rings.